The number of thiocarbonyl (C=S) groups is 1. The summed E-state index contributed by atoms with van der Waals surface area (Å²) >= 11 is 11.1. The number of benzene rings is 2. The molecule has 0 aliphatic heterocycles. The van der Waals surface area contributed by atoms with Gasteiger partial charge >= 0.3 is 0 Å². The molecule has 0 atom stereocenters. The van der Waals surface area contributed by atoms with Crippen molar-refractivity contribution in [2.45, 2.75) is 26.2 Å². The number of rotatable bonds is 3. The van der Waals surface area contributed by atoms with Crippen LogP contribution in [0.3, 0.4) is 0 Å². The fourth-order valence-electron chi connectivity index (χ4n) is 1.92. The third kappa shape index (κ3) is 3.96. The highest BCUT2D eigenvalue weighted by molar-refractivity contribution is 7.80. The van der Waals surface area contributed by atoms with E-state index in [1.807, 2.05) is 24.3 Å². The second-order valence-electron chi connectivity index (χ2n) is 5.89. The molecule has 0 radical (unpaired) electrons. The van der Waals surface area contributed by atoms with Gasteiger partial charge in [0.2, 0.25) is 0 Å². The van der Waals surface area contributed by atoms with Crippen molar-refractivity contribution in [3.8, 4) is 11.5 Å². The molecule has 0 unspecified atom stereocenters. The monoisotopic (exact) mass is 319 g/mol. The molecule has 2 aromatic rings. The summed E-state index contributed by atoms with van der Waals surface area (Å²) in [6.45, 7) is 6.50. The van der Waals surface area contributed by atoms with E-state index in [9.17, 15) is 0 Å². The number of ether oxygens (including phenoxy) is 1. The Kier molecular flexibility index (Phi) is 4.55. The molecule has 0 fully saturated rings. The molecular formula is C17H18ClNOS. The van der Waals surface area contributed by atoms with Crippen LogP contribution in [0, 0.1) is 0 Å². The Labute approximate surface area is 135 Å². The zero-order valence-electron chi connectivity index (χ0n) is 12.3. The van der Waals surface area contributed by atoms with E-state index in [0.29, 0.717) is 16.3 Å². The van der Waals surface area contributed by atoms with Crippen molar-refractivity contribution in [3.63, 3.8) is 0 Å². The van der Waals surface area contributed by atoms with Gasteiger partial charge < -0.3 is 10.5 Å². The molecule has 2 aromatic carbocycles. The highest BCUT2D eigenvalue weighted by atomic mass is 35.5. The summed E-state index contributed by atoms with van der Waals surface area (Å²) in [6, 6.07) is 13.3. The number of hydrogen-bond donors (Lipinski definition) is 1. The summed E-state index contributed by atoms with van der Waals surface area (Å²) in [4.78, 5) is 0.279. The zero-order chi connectivity index (χ0) is 15.6. The molecule has 4 heteroatoms. The minimum Gasteiger partial charge on any atom is -0.457 e. The van der Waals surface area contributed by atoms with Gasteiger partial charge in [0.1, 0.15) is 16.5 Å². The molecule has 2 nitrogen and oxygen atoms in total. The fraction of sp³-hybridized carbons (Fsp3) is 0.235. The summed E-state index contributed by atoms with van der Waals surface area (Å²) in [6.07, 6.45) is 0. The van der Waals surface area contributed by atoms with Gasteiger partial charge in [-0.25, -0.2) is 0 Å². The van der Waals surface area contributed by atoms with Crippen molar-refractivity contribution in [1.29, 1.82) is 0 Å². The van der Waals surface area contributed by atoms with E-state index in [0.717, 1.165) is 5.75 Å². The van der Waals surface area contributed by atoms with Gasteiger partial charge in [-0.1, -0.05) is 56.7 Å². The summed E-state index contributed by atoms with van der Waals surface area (Å²) in [7, 11) is 0. The summed E-state index contributed by atoms with van der Waals surface area (Å²) < 4.78 is 5.86. The molecule has 0 aliphatic carbocycles. The van der Waals surface area contributed by atoms with Crippen LogP contribution in [-0.4, -0.2) is 4.99 Å². The molecular weight excluding hydrogens is 302 g/mol. The molecule has 21 heavy (non-hydrogen) atoms. The maximum atomic E-state index is 6.15. The Hall–Kier alpha value is -1.58. The molecule has 0 heterocycles. The largest absolute Gasteiger partial charge is 0.457 e. The van der Waals surface area contributed by atoms with Crippen molar-refractivity contribution >= 4 is 28.8 Å². The molecule has 0 bridgehead atoms. The Morgan fingerprint density at radius 2 is 1.76 bits per heavy atom. The molecule has 0 saturated heterocycles. The standard InChI is InChI=1S/C17H18ClNOS/c1-17(2,3)11-5-4-6-12(9-11)20-13-7-8-14(16(19)21)15(18)10-13/h4-10H,1-3H3,(H2,19,21). The molecule has 0 amide bonds. The topological polar surface area (TPSA) is 35.2 Å². The van der Waals surface area contributed by atoms with Gasteiger partial charge in [0.15, 0.2) is 0 Å². The van der Waals surface area contributed by atoms with Crippen LogP contribution < -0.4 is 10.5 Å². The zero-order valence-corrected chi connectivity index (χ0v) is 13.9. The normalized spacial score (nSPS) is 11.2. The molecule has 0 saturated carbocycles. The van der Waals surface area contributed by atoms with Crippen LogP contribution in [0.25, 0.3) is 0 Å². The van der Waals surface area contributed by atoms with E-state index in [1.165, 1.54) is 5.56 Å². The third-order valence-corrected chi connectivity index (χ3v) is 3.67. The number of nitrogens with two attached hydrogens (primary N) is 1. The van der Waals surface area contributed by atoms with Gasteiger partial charge in [0.05, 0.1) is 5.02 Å². The van der Waals surface area contributed by atoms with E-state index in [4.69, 9.17) is 34.3 Å². The lowest BCUT2D eigenvalue weighted by Gasteiger charge is -2.19. The van der Waals surface area contributed by atoms with Gasteiger partial charge in [0.25, 0.3) is 0 Å². The maximum Gasteiger partial charge on any atom is 0.128 e. The van der Waals surface area contributed by atoms with E-state index in [-0.39, 0.29) is 10.4 Å². The molecule has 2 rings (SSSR count). The lowest BCUT2D eigenvalue weighted by molar-refractivity contribution is 0.478. The Morgan fingerprint density at radius 3 is 2.33 bits per heavy atom. The SMILES string of the molecule is CC(C)(C)c1cccc(Oc2ccc(C(N)=S)c(Cl)c2)c1. The van der Waals surface area contributed by atoms with Gasteiger partial charge in [-0.2, -0.15) is 0 Å². The maximum absolute atomic E-state index is 6.15. The van der Waals surface area contributed by atoms with E-state index >= 15 is 0 Å². The predicted octanol–water partition coefficient (Wildman–Crippen LogP) is 5.06. The summed E-state index contributed by atoms with van der Waals surface area (Å²) in [5.74, 6) is 1.44. The Balaban J connectivity index is 2.27. The first-order valence-corrected chi connectivity index (χ1v) is 7.44. The highest BCUT2D eigenvalue weighted by Crippen LogP contribution is 2.30. The number of hydrogen-bond acceptors (Lipinski definition) is 2. The van der Waals surface area contributed by atoms with Gasteiger partial charge in [-0.05, 0) is 35.2 Å². The predicted molar refractivity (Wildman–Crippen MR) is 92.6 cm³/mol. The van der Waals surface area contributed by atoms with Crippen LogP contribution in [-0.2, 0) is 5.41 Å². The Bertz CT molecular complexity index is 677. The molecule has 0 aliphatic rings. The number of halogens is 1. The molecule has 2 N–H and O–H groups in total. The summed E-state index contributed by atoms with van der Waals surface area (Å²) in [5.41, 5.74) is 7.54. The minimum absolute atomic E-state index is 0.0760. The van der Waals surface area contributed by atoms with Crippen molar-refractivity contribution in [2.75, 3.05) is 0 Å². The third-order valence-electron chi connectivity index (χ3n) is 3.14. The quantitative estimate of drug-likeness (QED) is 0.803. The van der Waals surface area contributed by atoms with Gasteiger partial charge in [-0.3, -0.25) is 0 Å². The lowest BCUT2D eigenvalue weighted by atomic mass is 9.87. The molecule has 0 aromatic heterocycles. The Morgan fingerprint density at radius 1 is 1.10 bits per heavy atom. The van der Waals surface area contributed by atoms with E-state index in [1.54, 1.807) is 12.1 Å². The highest BCUT2D eigenvalue weighted by Gasteiger charge is 2.14. The van der Waals surface area contributed by atoms with Crippen LogP contribution in [0.1, 0.15) is 31.9 Å². The van der Waals surface area contributed by atoms with Crippen LogP contribution in [0.5, 0.6) is 11.5 Å². The van der Waals surface area contributed by atoms with Gasteiger partial charge in [-0.15, -0.1) is 0 Å². The van der Waals surface area contributed by atoms with E-state index < -0.39 is 0 Å². The van der Waals surface area contributed by atoms with Crippen LogP contribution in [0.2, 0.25) is 5.02 Å². The van der Waals surface area contributed by atoms with Gasteiger partial charge in [0, 0.05) is 11.6 Å². The second kappa shape index (κ2) is 6.04. The van der Waals surface area contributed by atoms with Crippen molar-refractivity contribution < 1.29 is 4.74 Å². The first-order chi connectivity index (χ1) is 9.77. The van der Waals surface area contributed by atoms with Crippen LogP contribution in [0.4, 0.5) is 0 Å². The second-order valence-corrected chi connectivity index (χ2v) is 6.73. The average molecular weight is 320 g/mol. The smallest absolute Gasteiger partial charge is 0.128 e. The average Bonchev–Trinajstić information content (AvgIpc) is 2.37. The summed E-state index contributed by atoms with van der Waals surface area (Å²) in [5, 5.41) is 0.493. The first-order valence-electron chi connectivity index (χ1n) is 6.65. The lowest BCUT2D eigenvalue weighted by Crippen LogP contribution is -2.10. The molecule has 110 valence electrons. The minimum atomic E-state index is 0.0760. The van der Waals surface area contributed by atoms with Crippen molar-refractivity contribution in [1.82, 2.24) is 0 Å². The fourth-order valence-corrected chi connectivity index (χ4v) is 2.43. The van der Waals surface area contributed by atoms with Crippen molar-refractivity contribution in [3.05, 3.63) is 58.6 Å². The molecule has 0 spiro atoms. The van der Waals surface area contributed by atoms with Crippen molar-refractivity contribution in [2.24, 2.45) is 5.73 Å². The first kappa shape index (κ1) is 15.8. The van der Waals surface area contributed by atoms with E-state index in [2.05, 4.69) is 26.8 Å². The van der Waals surface area contributed by atoms with Crippen LogP contribution >= 0.6 is 23.8 Å². The van der Waals surface area contributed by atoms with Crippen LogP contribution in [0.15, 0.2) is 42.5 Å².